The molecule has 138 valence electrons. The summed E-state index contributed by atoms with van der Waals surface area (Å²) in [5.41, 5.74) is 2.06. The molecule has 27 heavy (non-hydrogen) atoms. The van der Waals surface area contributed by atoms with Crippen LogP contribution in [0.25, 0.3) is 11.4 Å². The van der Waals surface area contributed by atoms with Crippen molar-refractivity contribution in [1.29, 1.82) is 0 Å². The van der Waals surface area contributed by atoms with Crippen molar-refractivity contribution in [3.05, 3.63) is 54.6 Å². The van der Waals surface area contributed by atoms with Crippen molar-refractivity contribution >= 4 is 17.4 Å². The molecule has 1 amide bonds. The lowest BCUT2D eigenvalue weighted by Gasteiger charge is -2.21. The quantitative estimate of drug-likeness (QED) is 0.760. The number of nitrogens with one attached hydrogen (secondary N) is 1. The minimum atomic E-state index is -0.183. The van der Waals surface area contributed by atoms with E-state index in [4.69, 9.17) is 4.52 Å². The number of aromatic nitrogens is 3. The van der Waals surface area contributed by atoms with Crippen LogP contribution in [0.3, 0.4) is 0 Å². The number of hydrogen-bond donors (Lipinski definition) is 1. The normalized spacial score (nSPS) is 14.6. The summed E-state index contributed by atoms with van der Waals surface area (Å²) in [6.45, 7) is 2.07. The average molecular weight is 363 g/mol. The highest BCUT2D eigenvalue weighted by molar-refractivity contribution is 6.04. The Bertz CT molecular complexity index is 868. The van der Waals surface area contributed by atoms with E-state index in [0.717, 1.165) is 24.5 Å². The smallest absolute Gasteiger partial charge is 0.257 e. The van der Waals surface area contributed by atoms with Crippen LogP contribution in [0.2, 0.25) is 0 Å². The molecule has 0 radical (unpaired) electrons. The first-order chi connectivity index (χ1) is 13.3. The largest absolute Gasteiger partial charge is 0.357 e. The van der Waals surface area contributed by atoms with E-state index >= 15 is 0 Å². The van der Waals surface area contributed by atoms with Crippen LogP contribution in [0, 0.1) is 0 Å². The zero-order chi connectivity index (χ0) is 18.5. The summed E-state index contributed by atoms with van der Waals surface area (Å²) in [5, 5.41) is 6.67. The highest BCUT2D eigenvalue weighted by Gasteiger charge is 2.13. The number of carbonyl (C=O) groups excluding carboxylic acids is 1. The van der Waals surface area contributed by atoms with Gasteiger partial charge in [-0.15, -0.1) is 0 Å². The van der Waals surface area contributed by atoms with Gasteiger partial charge < -0.3 is 14.7 Å². The Morgan fingerprint density at radius 2 is 1.74 bits per heavy atom. The van der Waals surface area contributed by atoms with Crippen LogP contribution in [0.5, 0.6) is 0 Å². The van der Waals surface area contributed by atoms with Gasteiger partial charge in [-0.3, -0.25) is 4.79 Å². The summed E-state index contributed by atoms with van der Waals surface area (Å²) < 4.78 is 4.74. The van der Waals surface area contributed by atoms with Crippen molar-refractivity contribution in [2.45, 2.75) is 25.7 Å². The molecule has 1 aromatic carbocycles. The number of amides is 1. The lowest BCUT2D eigenvalue weighted by Crippen LogP contribution is -2.25. The Morgan fingerprint density at radius 1 is 0.963 bits per heavy atom. The van der Waals surface area contributed by atoms with Gasteiger partial charge in [0.1, 0.15) is 5.82 Å². The van der Waals surface area contributed by atoms with Crippen molar-refractivity contribution < 1.29 is 9.32 Å². The van der Waals surface area contributed by atoms with Gasteiger partial charge in [0.15, 0.2) is 0 Å². The third kappa shape index (κ3) is 4.13. The van der Waals surface area contributed by atoms with E-state index in [-0.39, 0.29) is 5.91 Å². The Hall–Kier alpha value is -3.22. The second-order valence-electron chi connectivity index (χ2n) is 6.59. The predicted octanol–water partition coefficient (Wildman–Crippen LogP) is 3.76. The third-order valence-electron chi connectivity index (χ3n) is 4.70. The van der Waals surface area contributed by atoms with Gasteiger partial charge in [-0.1, -0.05) is 18.0 Å². The summed E-state index contributed by atoms with van der Waals surface area (Å²) in [6.07, 6.45) is 7.88. The Labute approximate surface area is 157 Å². The third-order valence-corrected chi connectivity index (χ3v) is 4.70. The molecule has 1 aliphatic heterocycles. The number of benzene rings is 1. The summed E-state index contributed by atoms with van der Waals surface area (Å²) in [4.78, 5) is 23.3. The second kappa shape index (κ2) is 7.99. The minimum Gasteiger partial charge on any atom is -0.357 e. The topological polar surface area (TPSA) is 84.2 Å². The molecule has 1 N–H and O–H groups in total. The van der Waals surface area contributed by atoms with Crippen molar-refractivity contribution in [3.63, 3.8) is 0 Å². The Morgan fingerprint density at radius 3 is 2.37 bits per heavy atom. The molecule has 0 unspecified atom stereocenters. The van der Waals surface area contributed by atoms with Crippen molar-refractivity contribution in [2.24, 2.45) is 0 Å². The van der Waals surface area contributed by atoms with E-state index in [0.29, 0.717) is 17.1 Å². The average Bonchev–Trinajstić information content (AvgIpc) is 3.11. The maximum Gasteiger partial charge on any atom is 0.257 e. The fraction of sp³-hybridized carbons (Fsp3) is 0.300. The first-order valence-electron chi connectivity index (χ1n) is 9.19. The van der Waals surface area contributed by atoms with Crippen molar-refractivity contribution in [2.75, 3.05) is 23.3 Å². The van der Waals surface area contributed by atoms with Crippen LogP contribution < -0.4 is 10.2 Å². The van der Waals surface area contributed by atoms with E-state index in [9.17, 15) is 4.79 Å². The molecule has 2 aromatic heterocycles. The van der Waals surface area contributed by atoms with Crippen molar-refractivity contribution in [3.8, 4) is 11.4 Å². The maximum absolute atomic E-state index is 12.5. The monoisotopic (exact) mass is 363 g/mol. The molecule has 0 saturated carbocycles. The number of nitrogens with zero attached hydrogens (tertiary/aromatic N) is 4. The van der Waals surface area contributed by atoms with Crippen LogP contribution in [-0.4, -0.2) is 34.1 Å². The van der Waals surface area contributed by atoms with E-state index in [2.05, 4.69) is 25.3 Å². The standard InChI is InChI=1S/C20H21N5O2/c26-20(23-17-8-5-15(6-9-17)19-22-14-27-24-19)16-7-10-18(21-13-16)25-11-3-1-2-4-12-25/h5-10,13-14H,1-4,11-12H2,(H,23,26). The van der Waals surface area contributed by atoms with Crippen LogP contribution in [-0.2, 0) is 0 Å². The van der Waals surface area contributed by atoms with Crippen LogP contribution in [0.15, 0.2) is 53.5 Å². The van der Waals surface area contributed by atoms with Crippen LogP contribution in [0.4, 0.5) is 11.5 Å². The predicted molar refractivity (Wildman–Crippen MR) is 103 cm³/mol. The molecule has 7 nitrogen and oxygen atoms in total. The molecule has 7 heteroatoms. The molecule has 0 aliphatic carbocycles. The van der Waals surface area contributed by atoms with Gasteiger partial charge in [0, 0.05) is 30.5 Å². The molecule has 4 rings (SSSR count). The molecular weight excluding hydrogens is 342 g/mol. The van der Waals surface area contributed by atoms with Gasteiger partial charge in [-0.2, -0.15) is 4.98 Å². The van der Waals surface area contributed by atoms with Crippen LogP contribution in [0.1, 0.15) is 36.0 Å². The van der Waals surface area contributed by atoms with Gasteiger partial charge in [0.2, 0.25) is 12.2 Å². The zero-order valence-corrected chi connectivity index (χ0v) is 15.0. The lowest BCUT2D eigenvalue weighted by molar-refractivity contribution is 0.102. The number of carbonyl (C=O) groups is 1. The number of anilines is 2. The summed E-state index contributed by atoms with van der Waals surface area (Å²) in [6, 6.07) is 11.0. The maximum atomic E-state index is 12.5. The lowest BCUT2D eigenvalue weighted by atomic mass is 10.2. The van der Waals surface area contributed by atoms with Gasteiger partial charge in [0.05, 0.1) is 5.56 Å². The van der Waals surface area contributed by atoms with E-state index in [1.807, 2.05) is 36.4 Å². The van der Waals surface area contributed by atoms with Gasteiger partial charge in [-0.25, -0.2) is 4.98 Å². The minimum absolute atomic E-state index is 0.183. The molecule has 1 fully saturated rings. The summed E-state index contributed by atoms with van der Waals surface area (Å²) in [5.74, 6) is 1.27. The van der Waals surface area contributed by atoms with Gasteiger partial charge >= 0.3 is 0 Å². The SMILES string of the molecule is O=C(Nc1ccc(-c2ncon2)cc1)c1ccc(N2CCCCCC2)nc1. The zero-order valence-electron chi connectivity index (χ0n) is 15.0. The molecule has 0 bridgehead atoms. The molecule has 1 aliphatic rings. The fourth-order valence-corrected chi connectivity index (χ4v) is 3.21. The number of rotatable bonds is 4. The second-order valence-corrected chi connectivity index (χ2v) is 6.59. The van der Waals surface area contributed by atoms with E-state index in [1.165, 1.54) is 32.1 Å². The fourth-order valence-electron chi connectivity index (χ4n) is 3.21. The summed E-state index contributed by atoms with van der Waals surface area (Å²) in [7, 11) is 0. The molecule has 1 saturated heterocycles. The van der Waals surface area contributed by atoms with E-state index < -0.39 is 0 Å². The summed E-state index contributed by atoms with van der Waals surface area (Å²) >= 11 is 0. The van der Waals surface area contributed by atoms with E-state index in [1.54, 1.807) is 6.20 Å². The van der Waals surface area contributed by atoms with Crippen LogP contribution >= 0.6 is 0 Å². The van der Waals surface area contributed by atoms with Gasteiger partial charge in [0.25, 0.3) is 5.91 Å². The number of pyridine rings is 1. The Balaban J connectivity index is 1.40. The van der Waals surface area contributed by atoms with Crippen molar-refractivity contribution in [1.82, 2.24) is 15.1 Å². The Kier molecular flexibility index (Phi) is 5.09. The highest BCUT2D eigenvalue weighted by atomic mass is 16.5. The first-order valence-corrected chi connectivity index (χ1v) is 9.19. The molecule has 3 aromatic rings. The molecule has 3 heterocycles. The first kappa shape index (κ1) is 17.2. The van der Waals surface area contributed by atoms with Gasteiger partial charge in [-0.05, 0) is 49.2 Å². The molecule has 0 atom stereocenters. The number of hydrogen-bond acceptors (Lipinski definition) is 6. The molecular formula is C20H21N5O2. The highest BCUT2D eigenvalue weighted by Crippen LogP contribution is 2.20. The molecule has 0 spiro atoms.